The van der Waals surface area contributed by atoms with Crippen molar-refractivity contribution in [3.63, 3.8) is 0 Å². The maximum absolute atomic E-state index is 10.4. The first-order valence-corrected chi connectivity index (χ1v) is 4.02. The summed E-state index contributed by atoms with van der Waals surface area (Å²) in [6.07, 6.45) is 0. The van der Waals surface area contributed by atoms with Crippen LogP contribution in [0.4, 0.5) is 5.69 Å². The summed E-state index contributed by atoms with van der Waals surface area (Å²) in [7, 11) is 1.68. The third-order valence-electron chi connectivity index (χ3n) is 1.55. The summed E-state index contributed by atoms with van der Waals surface area (Å²) in [6.45, 7) is 0. The molecule has 0 unspecified atom stereocenters. The first-order chi connectivity index (χ1) is 6.15. The van der Waals surface area contributed by atoms with Crippen molar-refractivity contribution in [2.75, 3.05) is 7.05 Å². The molecular formula is C8H8N2O2S. The molecule has 0 aliphatic heterocycles. The molecule has 0 atom stereocenters. The summed E-state index contributed by atoms with van der Waals surface area (Å²) >= 11 is 4.93. The lowest BCUT2D eigenvalue weighted by Crippen LogP contribution is -2.16. The second-order valence-electron chi connectivity index (χ2n) is 2.39. The van der Waals surface area contributed by atoms with Gasteiger partial charge in [0.1, 0.15) is 4.99 Å². The monoisotopic (exact) mass is 196 g/mol. The molecule has 5 heteroatoms. The van der Waals surface area contributed by atoms with E-state index in [9.17, 15) is 10.1 Å². The van der Waals surface area contributed by atoms with Gasteiger partial charge in [0.05, 0.1) is 4.92 Å². The van der Waals surface area contributed by atoms with Gasteiger partial charge in [-0.05, 0) is 0 Å². The lowest BCUT2D eigenvalue weighted by Gasteiger charge is -2.01. The largest absolute Gasteiger partial charge is 0.379 e. The first-order valence-electron chi connectivity index (χ1n) is 3.61. The quantitative estimate of drug-likeness (QED) is 0.442. The van der Waals surface area contributed by atoms with E-state index in [0.29, 0.717) is 10.6 Å². The van der Waals surface area contributed by atoms with Crippen LogP contribution in [0.3, 0.4) is 0 Å². The summed E-state index contributed by atoms with van der Waals surface area (Å²) < 4.78 is 0. The molecule has 0 fully saturated rings. The van der Waals surface area contributed by atoms with Crippen molar-refractivity contribution in [2.45, 2.75) is 0 Å². The van der Waals surface area contributed by atoms with E-state index < -0.39 is 4.92 Å². The Morgan fingerprint density at radius 2 is 2.31 bits per heavy atom. The van der Waals surface area contributed by atoms with Crippen molar-refractivity contribution in [1.82, 2.24) is 5.32 Å². The van der Waals surface area contributed by atoms with Crippen molar-refractivity contribution in [3.05, 3.63) is 39.9 Å². The molecule has 0 aromatic heterocycles. The summed E-state index contributed by atoms with van der Waals surface area (Å²) in [6, 6.07) is 6.21. The number of rotatable bonds is 2. The van der Waals surface area contributed by atoms with Crippen LogP contribution in [-0.2, 0) is 0 Å². The molecule has 0 aliphatic rings. The van der Waals surface area contributed by atoms with Crippen LogP contribution in [0.1, 0.15) is 5.56 Å². The topological polar surface area (TPSA) is 55.2 Å². The van der Waals surface area contributed by atoms with E-state index in [0.717, 1.165) is 0 Å². The lowest BCUT2D eigenvalue weighted by molar-refractivity contribution is -0.384. The molecule has 0 aliphatic carbocycles. The minimum Gasteiger partial charge on any atom is -0.379 e. The summed E-state index contributed by atoms with van der Waals surface area (Å²) in [5.41, 5.74) is 0.710. The van der Waals surface area contributed by atoms with Crippen LogP contribution in [0, 0.1) is 10.1 Å². The van der Waals surface area contributed by atoms with Gasteiger partial charge in [0.15, 0.2) is 0 Å². The fraction of sp³-hybridized carbons (Fsp3) is 0.125. The Morgan fingerprint density at radius 1 is 1.62 bits per heavy atom. The van der Waals surface area contributed by atoms with Gasteiger partial charge in [-0.2, -0.15) is 0 Å². The molecule has 0 saturated heterocycles. The maximum Gasteiger partial charge on any atom is 0.270 e. The Kier molecular flexibility index (Phi) is 2.92. The molecular weight excluding hydrogens is 188 g/mol. The summed E-state index contributed by atoms with van der Waals surface area (Å²) in [4.78, 5) is 10.5. The number of hydrogen-bond acceptors (Lipinski definition) is 3. The standard InChI is InChI=1S/C8H8N2O2S/c1-9-8(13)6-3-2-4-7(5-6)10(11)12/h2-5H,1H3,(H,9,13). The number of hydrogen-bond donors (Lipinski definition) is 1. The predicted octanol–water partition coefficient (Wildman–Crippen LogP) is 1.49. The lowest BCUT2D eigenvalue weighted by atomic mass is 10.2. The van der Waals surface area contributed by atoms with E-state index >= 15 is 0 Å². The highest BCUT2D eigenvalue weighted by Crippen LogP contribution is 2.12. The molecule has 1 aromatic rings. The van der Waals surface area contributed by atoms with Gasteiger partial charge in [-0.1, -0.05) is 24.4 Å². The molecule has 0 heterocycles. The number of nitro groups is 1. The highest BCUT2D eigenvalue weighted by molar-refractivity contribution is 7.80. The van der Waals surface area contributed by atoms with Crippen LogP contribution in [0.15, 0.2) is 24.3 Å². The number of thiocarbonyl (C=S) groups is 1. The van der Waals surface area contributed by atoms with E-state index in [4.69, 9.17) is 12.2 Å². The van der Waals surface area contributed by atoms with Crippen molar-refractivity contribution in [1.29, 1.82) is 0 Å². The Labute approximate surface area is 80.7 Å². The van der Waals surface area contributed by atoms with Crippen molar-refractivity contribution in [3.8, 4) is 0 Å². The highest BCUT2D eigenvalue weighted by Gasteiger charge is 2.06. The third kappa shape index (κ3) is 2.22. The SMILES string of the molecule is CNC(=S)c1cccc([N+](=O)[O-])c1. The third-order valence-corrected chi connectivity index (χ3v) is 1.99. The number of nitro benzene ring substituents is 1. The Morgan fingerprint density at radius 3 is 2.85 bits per heavy atom. The van der Waals surface area contributed by atoms with E-state index in [1.54, 1.807) is 19.2 Å². The van der Waals surface area contributed by atoms with Gasteiger partial charge in [-0.25, -0.2) is 0 Å². The number of non-ortho nitro benzene ring substituents is 1. The molecule has 0 bridgehead atoms. The van der Waals surface area contributed by atoms with Crippen LogP contribution < -0.4 is 5.32 Å². The molecule has 1 N–H and O–H groups in total. The molecule has 0 amide bonds. The van der Waals surface area contributed by atoms with Gasteiger partial charge >= 0.3 is 0 Å². The zero-order valence-electron chi connectivity index (χ0n) is 6.98. The van der Waals surface area contributed by atoms with E-state index in [-0.39, 0.29) is 5.69 Å². The minimum absolute atomic E-state index is 0.0510. The number of nitrogens with zero attached hydrogens (tertiary/aromatic N) is 1. The highest BCUT2D eigenvalue weighted by atomic mass is 32.1. The van der Waals surface area contributed by atoms with E-state index in [1.165, 1.54) is 12.1 Å². The Hall–Kier alpha value is -1.49. The average molecular weight is 196 g/mol. The van der Waals surface area contributed by atoms with Gasteiger partial charge < -0.3 is 5.32 Å². The van der Waals surface area contributed by atoms with Crippen LogP contribution in [-0.4, -0.2) is 17.0 Å². The van der Waals surface area contributed by atoms with Gasteiger partial charge in [-0.3, -0.25) is 10.1 Å². The van der Waals surface area contributed by atoms with Gasteiger partial charge in [-0.15, -0.1) is 0 Å². The fourth-order valence-corrected chi connectivity index (χ4v) is 1.03. The van der Waals surface area contributed by atoms with E-state index in [1.807, 2.05) is 0 Å². The zero-order chi connectivity index (χ0) is 9.84. The van der Waals surface area contributed by atoms with Crippen molar-refractivity contribution >= 4 is 22.9 Å². The van der Waals surface area contributed by atoms with Gasteiger partial charge in [0.25, 0.3) is 5.69 Å². The Bertz CT molecular complexity index is 352. The second kappa shape index (κ2) is 3.95. The molecule has 68 valence electrons. The van der Waals surface area contributed by atoms with Crippen LogP contribution in [0.5, 0.6) is 0 Å². The van der Waals surface area contributed by atoms with Gasteiger partial charge in [0, 0.05) is 24.7 Å². The molecule has 4 nitrogen and oxygen atoms in total. The molecule has 1 rings (SSSR count). The second-order valence-corrected chi connectivity index (χ2v) is 2.79. The zero-order valence-corrected chi connectivity index (χ0v) is 7.80. The minimum atomic E-state index is -0.443. The van der Waals surface area contributed by atoms with Crippen molar-refractivity contribution < 1.29 is 4.92 Å². The smallest absolute Gasteiger partial charge is 0.270 e. The molecule has 0 radical (unpaired) electrons. The summed E-state index contributed by atoms with van der Waals surface area (Å²) in [5.74, 6) is 0. The maximum atomic E-state index is 10.4. The van der Waals surface area contributed by atoms with Crippen molar-refractivity contribution in [2.24, 2.45) is 0 Å². The Balaban J connectivity index is 3.05. The van der Waals surface area contributed by atoms with Crippen LogP contribution in [0.25, 0.3) is 0 Å². The number of nitrogens with one attached hydrogen (secondary N) is 1. The molecule has 13 heavy (non-hydrogen) atoms. The fourth-order valence-electron chi connectivity index (χ4n) is 0.905. The van der Waals surface area contributed by atoms with Crippen LogP contribution in [0.2, 0.25) is 0 Å². The normalized spacial score (nSPS) is 9.31. The average Bonchev–Trinajstić information content (AvgIpc) is 2.17. The molecule has 1 aromatic carbocycles. The van der Waals surface area contributed by atoms with Gasteiger partial charge in [0.2, 0.25) is 0 Å². The molecule has 0 spiro atoms. The summed E-state index contributed by atoms with van der Waals surface area (Å²) in [5, 5.41) is 13.2. The number of benzene rings is 1. The van der Waals surface area contributed by atoms with E-state index in [2.05, 4.69) is 5.32 Å². The predicted molar refractivity (Wildman–Crippen MR) is 53.9 cm³/mol. The van der Waals surface area contributed by atoms with Crippen LogP contribution >= 0.6 is 12.2 Å². The first kappa shape index (κ1) is 9.60. The molecule has 0 saturated carbocycles.